The highest BCUT2D eigenvalue weighted by atomic mass is 19.4. The highest BCUT2D eigenvalue weighted by Gasteiger charge is 2.35. The van der Waals surface area contributed by atoms with Gasteiger partial charge >= 0.3 is 18.2 Å². The van der Waals surface area contributed by atoms with Crippen molar-refractivity contribution in [3.8, 4) is 5.69 Å². The van der Waals surface area contributed by atoms with Gasteiger partial charge in [-0.1, -0.05) is 18.2 Å². The fraction of sp³-hybridized carbons (Fsp3) is 0.0909. The number of imidazole rings is 1. The predicted octanol–water partition coefficient (Wildman–Crippen LogP) is 4.18. The summed E-state index contributed by atoms with van der Waals surface area (Å²) in [6.07, 6.45) is -3.21. The Hall–Kier alpha value is -4.61. The number of halogens is 3. The molecule has 0 aliphatic heterocycles. The normalized spacial score (nSPS) is 11.4. The van der Waals surface area contributed by atoms with Crippen molar-refractivity contribution < 1.29 is 32.6 Å². The van der Waals surface area contributed by atoms with Crippen LogP contribution in [0, 0.1) is 0 Å². The molecular weight excluding hydrogens is 457 g/mol. The van der Waals surface area contributed by atoms with Gasteiger partial charge in [0.1, 0.15) is 12.2 Å². The quantitative estimate of drug-likeness (QED) is 0.400. The first-order chi connectivity index (χ1) is 16.1. The van der Waals surface area contributed by atoms with Gasteiger partial charge in [0.25, 0.3) is 5.56 Å². The monoisotopic (exact) mass is 472 g/mol. The van der Waals surface area contributed by atoms with E-state index in [-0.39, 0.29) is 28.9 Å². The van der Waals surface area contributed by atoms with Gasteiger partial charge in [-0.15, -0.1) is 0 Å². The fourth-order valence-corrected chi connectivity index (χ4v) is 3.23. The van der Waals surface area contributed by atoms with Gasteiger partial charge in [0.05, 0.1) is 23.3 Å². The van der Waals surface area contributed by atoms with E-state index in [4.69, 9.17) is 9.84 Å². The molecule has 0 bridgehead atoms. The minimum atomic E-state index is -4.79. The fourth-order valence-electron chi connectivity index (χ4n) is 3.23. The van der Waals surface area contributed by atoms with Gasteiger partial charge < -0.3 is 19.4 Å². The third-order valence-corrected chi connectivity index (χ3v) is 4.78. The van der Waals surface area contributed by atoms with E-state index in [1.807, 2.05) is 0 Å². The number of aromatic amines is 1. The van der Waals surface area contributed by atoms with Crippen LogP contribution in [-0.2, 0) is 17.5 Å². The molecule has 0 aliphatic rings. The third-order valence-electron chi connectivity index (χ3n) is 4.78. The second kappa shape index (κ2) is 8.73. The number of carboxylic acid groups (broad SMARTS) is 1. The lowest BCUT2D eigenvalue weighted by Gasteiger charge is -2.15. The molecule has 0 saturated heterocycles. The van der Waals surface area contributed by atoms with Crippen molar-refractivity contribution in [3.05, 3.63) is 88.2 Å². The number of nitrogens with zero attached hydrogens (tertiary/aromatic N) is 2. The van der Waals surface area contributed by atoms with E-state index in [2.05, 4.69) is 15.3 Å². The number of H-pyrrole nitrogens is 1. The highest BCUT2D eigenvalue weighted by Crippen LogP contribution is 2.36. The Morgan fingerprint density at radius 3 is 2.56 bits per heavy atom. The number of alkyl halides is 3. The van der Waals surface area contributed by atoms with Crippen molar-refractivity contribution in [1.82, 2.24) is 14.5 Å². The summed E-state index contributed by atoms with van der Waals surface area (Å²) in [5.74, 6) is -1.51. The number of carboxylic acids is 1. The van der Waals surface area contributed by atoms with E-state index in [0.717, 1.165) is 29.1 Å². The number of hydrogen-bond donors (Lipinski definition) is 3. The molecule has 1 amide bonds. The van der Waals surface area contributed by atoms with Crippen LogP contribution in [-0.4, -0.2) is 31.7 Å². The Bertz CT molecular complexity index is 1440. The van der Waals surface area contributed by atoms with E-state index in [1.54, 1.807) is 30.3 Å². The summed E-state index contributed by atoms with van der Waals surface area (Å²) in [4.78, 5) is 41.1. The number of benzene rings is 2. The van der Waals surface area contributed by atoms with E-state index in [9.17, 15) is 27.6 Å². The van der Waals surface area contributed by atoms with Crippen LogP contribution in [0.15, 0.2) is 65.8 Å². The second-order valence-electron chi connectivity index (χ2n) is 7.11. The molecule has 0 radical (unpaired) electrons. The molecule has 34 heavy (non-hydrogen) atoms. The van der Waals surface area contributed by atoms with Crippen molar-refractivity contribution in [1.29, 1.82) is 0 Å². The summed E-state index contributed by atoms with van der Waals surface area (Å²) < 4.78 is 47.3. The lowest BCUT2D eigenvalue weighted by atomic mass is 10.1. The number of para-hydroxylation sites is 1. The second-order valence-corrected chi connectivity index (χ2v) is 7.11. The summed E-state index contributed by atoms with van der Waals surface area (Å²) in [5.41, 5.74) is -2.56. The molecule has 2 aromatic heterocycles. The number of carbonyl (C=O) groups excluding carboxylic acids is 1. The summed E-state index contributed by atoms with van der Waals surface area (Å²) in [5, 5.41) is 11.7. The maximum Gasteiger partial charge on any atom is 0.418 e. The van der Waals surface area contributed by atoms with Crippen LogP contribution in [0.4, 0.5) is 23.7 Å². The number of carbonyl (C=O) groups is 2. The zero-order chi connectivity index (χ0) is 24.5. The summed E-state index contributed by atoms with van der Waals surface area (Å²) in [7, 11) is 0. The minimum Gasteiger partial charge on any atom is -0.477 e. The van der Waals surface area contributed by atoms with E-state index < -0.39 is 34.9 Å². The molecule has 4 rings (SSSR count). The number of ether oxygens (including phenoxy) is 1. The Balaban J connectivity index is 1.63. The maximum absolute atomic E-state index is 13.7. The number of rotatable bonds is 5. The van der Waals surface area contributed by atoms with Crippen LogP contribution in [0.25, 0.3) is 16.6 Å². The van der Waals surface area contributed by atoms with Crippen molar-refractivity contribution in [2.24, 2.45) is 0 Å². The van der Waals surface area contributed by atoms with E-state index in [0.29, 0.717) is 5.69 Å². The Morgan fingerprint density at radius 2 is 1.88 bits per heavy atom. The molecule has 2 aromatic carbocycles. The summed E-state index contributed by atoms with van der Waals surface area (Å²) in [6, 6.07) is 11.3. The zero-order valence-electron chi connectivity index (χ0n) is 17.1. The lowest BCUT2D eigenvalue weighted by Crippen LogP contribution is -2.18. The number of hydrogen-bond acceptors (Lipinski definition) is 5. The first-order valence-electron chi connectivity index (χ1n) is 9.65. The summed E-state index contributed by atoms with van der Waals surface area (Å²) in [6.45, 7) is -0.308. The number of anilines is 1. The molecule has 12 heteroatoms. The van der Waals surface area contributed by atoms with E-state index >= 15 is 0 Å². The van der Waals surface area contributed by atoms with E-state index in [1.165, 1.54) is 6.20 Å². The number of aromatic nitrogens is 3. The van der Waals surface area contributed by atoms with Gasteiger partial charge in [0.15, 0.2) is 0 Å². The molecule has 0 spiro atoms. The predicted molar refractivity (Wildman–Crippen MR) is 114 cm³/mol. The Kier molecular flexibility index (Phi) is 5.80. The van der Waals surface area contributed by atoms with Gasteiger partial charge in [0.2, 0.25) is 0 Å². The number of fused-ring (bicyclic) bond motifs is 1. The van der Waals surface area contributed by atoms with Crippen molar-refractivity contribution in [3.63, 3.8) is 0 Å². The molecule has 3 N–H and O–H groups in total. The molecule has 9 nitrogen and oxygen atoms in total. The zero-order valence-corrected chi connectivity index (χ0v) is 17.1. The molecular formula is C22H15F3N4O5. The van der Waals surface area contributed by atoms with Gasteiger partial charge in [-0.05, 0) is 30.3 Å². The SMILES string of the molecule is O=C(Nc1ccccc1)OCc1cn(-c2cc3cc(C(=O)O)c(=O)[nH]c3cc2C(F)(F)F)cn1. The average Bonchev–Trinajstić information content (AvgIpc) is 3.25. The van der Waals surface area contributed by atoms with Crippen LogP contribution in [0.1, 0.15) is 21.6 Å². The molecule has 0 unspecified atom stereocenters. The number of aromatic carboxylic acids is 1. The van der Waals surface area contributed by atoms with Gasteiger partial charge in [-0.25, -0.2) is 14.6 Å². The molecule has 2 heterocycles. The van der Waals surface area contributed by atoms with Crippen molar-refractivity contribution >= 4 is 28.7 Å². The molecule has 0 atom stereocenters. The first kappa shape index (κ1) is 22.6. The number of pyridine rings is 1. The van der Waals surface area contributed by atoms with Crippen LogP contribution < -0.4 is 10.9 Å². The summed E-state index contributed by atoms with van der Waals surface area (Å²) >= 11 is 0. The number of nitrogens with one attached hydrogen (secondary N) is 2. The minimum absolute atomic E-state index is 0.0775. The number of amides is 1. The lowest BCUT2D eigenvalue weighted by molar-refractivity contribution is -0.137. The molecule has 0 aliphatic carbocycles. The Morgan fingerprint density at radius 1 is 1.15 bits per heavy atom. The van der Waals surface area contributed by atoms with Crippen LogP contribution in [0.5, 0.6) is 0 Å². The maximum atomic E-state index is 13.7. The smallest absolute Gasteiger partial charge is 0.418 e. The molecule has 0 saturated carbocycles. The average molecular weight is 472 g/mol. The first-order valence-corrected chi connectivity index (χ1v) is 9.65. The molecule has 4 aromatic rings. The van der Waals surface area contributed by atoms with Crippen LogP contribution >= 0.6 is 0 Å². The highest BCUT2D eigenvalue weighted by molar-refractivity contribution is 5.93. The van der Waals surface area contributed by atoms with Gasteiger partial charge in [-0.2, -0.15) is 13.2 Å². The van der Waals surface area contributed by atoms with Crippen LogP contribution in [0.2, 0.25) is 0 Å². The Labute approximate surface area is 188 Å². The third kappa shape index (κ3) is 4.75. The van der Waals surface area contributed by atoms with Gasteiger partial charge in [-0.3, -0.25) is 10.1 Å². The van der Waals surface area contributed by atoms with Crippen molar-refractivity contribution in [2.75, 3.05) is 5.32 Å². The van der Waals surface area contributed by atoms with Crippen LogP contribution in [0.3, 0.4) is 0 Å². The standard InChI is InChI=1S/C22H15F3N4O5/c23-22(24,25)16-8-17-12(6-15(20(31)32)19(30)28-17)7-18(16)29-9-14(26-11-29)10-34-21(33)27-13-4-2-1-3-5-13/h1-9,11H,10H2,(H,27,33)(H,28,30)(H,31,32). The van der Waals surface area contributed by atoms with Crippen molar-refractivity contribution in [2.45, 2.75) is 12.8 Å². The molecule has 174 valence electrons. The molecule has 0 fully saturated rings. The van der Waals surface area contributed by atoms with Gasteiger partial charge in [0, 0.05) is 22.8 Å². The largest absolute Gasteiger partial charge is 0.477 e. The topological polar surface area (TPSA) is 126 Å².